The quantitative estimate of drug-likeness (QED) is 0.909. The van der Waals surface area contributed by atoms with E-state index < -0.39 is 23.6 Å². The van der Waals surface area contributed by atoms with Crippen LogP contribution < -0.4 is 11.1 Å². The number of fused-ring (bicyclic) bond motifs is 1. The van der Waals surface area contributed by atoms with E-state index in [-0.39, 0.29) is 0 Å². The molecule has 5 nitrogen and oxygen atoms in total. The molecule has 0 aliphatic carbocycles. The monoisotopic (exact) mass is 320 g/mol. The van der Waals surface area contributed by atoms with Crippen LogP contribution in [0, 0.1) is 0 Å². The van der Waals surface area contributed by atoms with Crippen LogP contribution in [0.4, 0.5) is 4.79 Å². The Morgan fingerprint density at radius 2 is 2.00 bits per heavy atom. The molecule has 1 aromatic carbocycles. The zero-order chi connectivity index (χ0) is 16.3. The molecule has 118 valence electrons. The van der Waals surface area contributed by atoms with Gasteiger partial charge in [0.25, 0.3) is 0 Å². The number of hydrogen-bond acceptors (Lipinski definition) is 4. The van der Waals surface area contributed by atoms with Gasteiger partial charge in [0.2, 0.25) is 5.91 Å². The van der Waals surface area contributed by atoms with Crippen LogP contribution in [0.1, 0.15) is 26.3 Å². The van der Waals surface area contributed by atoms with Crippen LogP contribution in [0.15, 0.2) is 29.6 Å². The smallest absolute Gasteiger partial charge is 0.408 e. The molecule has 1 heterocycles. The van der Waals surface area contributed by atoms with Crippen molar-refractivity contribution in [1.29, 1.82) is 0 Å². The number of hydrogen-bond donors (Lipinski definition) is 2. The Bertz CT molecular complexity index is 688. The predicted molar refractivity (Wildman–Crippen MR) is 87.9 cm³/mol. The van der Waals surface area contributed by atoms with Gasteiger partial charge in [0.1, 0.15) is 11.6 Å². The summed E-state index contributed by atoms with van der Waals surface area (Å²) in [6.07, 6.45) is -0.297. The molecule has 0 unspecified atom stereocenters. The molecule has 22 heavy (non-hydrogen) atoms. The lowest BCUT2D eigenvalue weighted by Gasteiger charge is -2.22. The van der Waals surface area contributed by atoms with Gasteiger partial charge in [0.05, 0.1) is 0 Å². The molecule has 0 radical (unpaired) electrons. The maximum Gasteiger partial charge on any atom is 0.408 e. The van der Waals surface area contributed by atoms with Crippen molar-refractivity contribution in [1.82, 2.24) is 5.32 Å². The van der Waals surface area contributed by atoms with Crippen molar-refractivity contribution in [2.24, 2.45) is 5.73 Å². The molecular weight excluding hydrogens is 300 g/mol. The van der Waals surface area contributed by atoms with E-state index in [4.69, 9.17) is 10.5 Å². The number of nitrogens with two attached hydrogens (primary N) is 1. The molecular formula is C16H20N2O3S. The highest BCUT2D eigenvalue weighted by Crippen LogP contribution is 2.26. The van der Waals surface area contributed by atoms with Crippen molar-refractivity contribution >= 4 is 33.4 Å². The number of primary amides is 1. The Morgan fingerprint density at radius 1 is 1.32 bits per heavy atom. The molecule has 0 aliphatic rings. The van der Waals surface area contributed by atoms with E-state index in [0.717, 1.165) is 15.6 Å². The molecule has 3 N–H and O–H groups in total. The first-order valence-corrected chi connectivity index (χ1v) is 7.88. The van der Waals surface area contributed by atoms with E-state index >= 15 is 0 Å². The molecule has 0 fully saturated rings. The first-order valence-electron chi connectivity index (χ1n) is 7.00. The van der Waals surface area contributed by atoms with Gasteiger partial charge in [-0.15, -0.1) is 11.3 Å². The Hall–Kier alpha value is -2.08. The summed E-state index contributed by atoms with van der Waals surface area (Å²) in [6.45, 7) is 5.29. The summed E-state index contributed by atoms with van der Waals surface area (Å²) >= 11 is 1.60. The summed E-state index contributed by atoms with van der Waals surface area (Å²) in [5.74, 6) is -0.582. The van der Waals surface area contributed by atoms with Crippen LogP contribution in [0.2, 0.25) is 0 Å². The van der Waals surface area contributed by atoms with Gasteiger partial charge in [-0.2, -0.15) is 0 Å². The summed E-state index contributed by atoms with van der Waals surface area (Å²) in [4.78, 5) is 23.4. The van der Waals surface area contributed by atoms with Crippen molar-refractivity contribution in [2.45, 2.75) is 38.8 Å². The lowest BCUT2D eigenvalue weighted by atomic mass is 10.0. The summed E-state index contributed by atoms with van der Waals surface area (Å²) in [7, 11) is 0. The fourth-order valence-corrected chi connectivity index (χ4v) is 3.06. The van der Waals surface area contributed by atoms with Gasteiger partial charge in [0, 0.05) is 11.1 Å². The fraction of sp³-hybridized carbons (Fsp3) is 0.375. The van der Waals surface area contributed by atoms with Gasteiger partial charge < -0.3 is 15.8 Å². The van der Waals surface area contributed by atoms with Gasteiger partial charge in [0.15, 0.2) is 0 Å². The Labute approximate surface area is 133 Å². The molecule has 0 spiro atoms. The van der Waals surface area contributed by atoms with Crippen molar-refractivity contribution in [2.75, 3.05) is 0 Å². The van der Waals surface area contributed by atoms with Crippen molar-refractivity contribution in [3.8, 4) is 0 Å². The number of rotatable bonds is 4. The third-order valence-electron chi connectivity index (χ3n) is 3.02. The minimum atomic E-state index is -0.798. The van der Waals surface area contributed by atoms with Crippen LogP contribution in [-0.2, 0) is 16.0 Å². The standard InChI is InChI=1S/C16H20N2O3S/c1-16(2,3)21-15(20)18-12(14(17)19)8-10-9-22-13-7-5-4-6-11(10)13/h4-7,9,12H,8H2,1-3H3,(H2,17,19)(H,18,20)/t12-/m1/s1. The van der Waals surface area contributed by atoms with E-state index in [9.17, 15) is 9.59 Å². The molecule has 2 amide bonds. The lowest BCUT2D eigenvalue weighted by molar-refractivity contribution is -0.120. The Balaban J connectivity index is 2.12. The number of nitrogens with one attached hydrogen (secondary N) is 1. The molecule has 1 atom stereocenters. The van der Waals surface area contributed by atoms with E-state index in [2.05, 4.69) is 5.32 Å². The van der Waals surface area contributed by atoms with Crippen LogP contribution in [0.25, 0.3) is 10.1 Å². The largest absolute Gasteiger partial charge is 0.444 e. The van der Waals surface area contributed by atoms with Crippen molar-refractivity contribution in [3.63, 3.8) is 0 Å². The number of carbonyl (C=O) groups excluding carboxylic acids is 2. The van der Waals surface area contributed by atoms with E-state index in [1.807, 2.05) is 29.6 Å². The molecule has 1 aromatic heterocycles. The first-order chi connectivity index (χ1) is 10.3. The van der Waals surface area contributed by atoms with Gasteiger partial charge in [-0.05, 0) is 43.2 Å². The van der Waals surface area contributed by atoms with Crippen LogP contribution in [0.3, 0.4) is 0 Å². The molecule has 2 rings (SSSR count). The van der Waals surface area contributed by atoms with Crippen LogP contribution >= 0.6 is 11.3 Å². The Morgan fingerprint density at radius 3 is 2.64 bits per heavy atom. The second kappa shape index (κ2) is 6.36. The second-order valence-electron chi connectivity index (χ2n) is 6.06. The second-order valence-corrected chi connectivity index (χ2v) is 6.97. The maximum atomic E-state index is 11.8. The molecule has 0 saturated heterocycles. The van der Waals surface area contributed by atoms with Gasteiger partial charge in [-0.1, -0.05) is 18.2 Å². The summed E-state index contributed by atoms with van der Waals surface area (Å²) in [5.41, 5.74) is 5.77. The SMILES string of the molecule is CC(C)(C)OC(=O)N[C@H](Cc1csc2ccccc12)C(N)=O. The number of carbonyl (C=O) groups is 2. The third kappa shape index (κ3) is 4.21. The van der Waals surface area contributed by atoms with Crippen molar-refractivity contribution < 1.29 is 14.3 Å². The zero-order valence-electron chi connectivity index (χ0n) is 12.9. The minimum absolute atomic E-state index is 0.346. The molecule has 2 aromatic rings. The topological polar surface area (TPSA) is 81.4 Å². The summed E-state index contributed by atoms with van der Waals surface area (Å²) in [5, 5.41) is 5.60. The van der Waals surface area contributed by atoms with E-state index in [0.29, 0.717) is 6.42 Å². The van der Waals surface area contributed by atoms with Crippen molar-refractivity contribution in [3.05, 3.63) is 35.2 Å². The zero-order valence-corrected chi connectivity index (χ0v) is 13.7. The first kappa shape index (κ1) is 16.3. The Kier molecular flexibility index (Phi) is 4.71. The van der Waals surface area contributed by atoms with E-state index in [1.54, 1.807) is 32.1 Å². The summed E-state index contributed by atoms with van der Waals surface area (Å²) in [6, 6.07) is 7.12. The summed E-state index contributed by atoms with van der Waals surface area (Å²) < 4.78 is 6.31. The lowest BCUT2D eigenvalue weighted by Crippen LogP contribution is -2.47. The minimum Gasteiger partial charge on any atom is -0.444 e. The average Bonchev–Trinajstić information content (AvgIpc) is 2.79. The highest BCUT2D eigenvalue weighted by Gasteiger charge is 2.23. The maximum absolute atomic E-state index is 11.8. The van der Waals surface area contributed by atoms with Crippen LogP contribution in [0.5, 0.6) is 0 Å². The van der Waals surface area contributed by atoms with Gasteiger partial charge in [-0.25, -0.2) is 4.79 Å². The van der Waals surface area contributed by atoms with E-state index in [1.165, 1.54) is 0 Å². The number of amides is 2. The highest BCUT2D eigenvalue weighted by atomic mass is 32.1. The molecule has 0 aliphatic heterocycles. The third-order valence-corrected chi connectivity index (χ3v) is 4.03. The molecule has 0 saturated carbocycles. The number of alkyl carbamates (subject to hydrolysis) is 1. The fourth-order valence-electron chi connectivity index (χ4n) is 2.08. The normalized spacial score (nSPS) is 12.9. The number of thiophene rings is 1. The van der Waals surface area contributed by atoms with Crippen LogP contribution in [-0.4, -0.2) is 23.6 Å². The molecule has 0 bridgehead atoms. The van der Waals surface area contributed by atoms with Gasteiger partial charge in [-0.3, -0.25) is 4.79 Å². The number of benzene rings is 1. The van der Waals surface area contributed by atoms with Gasteiger partial charge >= 0.3 is 6.09 Å². The molecule has 6 heteroatoms. The predicted octanol–water partition coefficient (Wildman–Crippen LogP) is 2.82. The highest BCUT2D eigenvalue weighted by molar-refractivity contribution is 7.17. The number of ether oxygens (including phenoxy) is 1. The average molecular weight is 320 g/mol.